The smallest absolute Gasteiger partial charge is 0.0811 e. The minimum atomic E-state index is -0.614. The SMILES string of the molecule is C=C1/C(=C\C=C2/CCCC3(C)C([C@H](C)CCCCC(O)(CC)CC)CC[C@@H]23)C[C@@H](O)C[C@@H]1O. The van der Waals surface area contributed by atoms with Gasteiger partial charge in [0.15, 0.2) is 0 Å². The maximum absolute atomic E-state index is 10.6. The molecule has 3 aliphatic rings. The summed E-state index contributed by atoms with van der Waals surface area (Å²) in [5.41, 5.74) is 3.30. The first-order chi connectivity index (χ1) is 15.6. The van der Waals surface area contributed by atoms with E-state index >= 15 is 0 Å². The number of aliphatic hydroxyl groups excluding tert-OH is 2. The number of hydrogen-bond donors (Lipinski definition) is 3. The van der Waals surface area contributed by atoms with E-state index in [0.29, 0.717) is 24.2 Å². The van der Waals surface area contributed by atoms with E-state index in [4.69, 9.17) is 0 Å². The standard InChI is InChI=1S/C30H50O3/c1-6-30(33,7-2)18-9-8-11-21(3)26-15-16-27-23(12-10-17-29(26,27)5)13-14-24-19-25(31)20-28(32)22(24)4/h13-14,21,25-28,31-33H,4,6-12,15-20H2,1-3,5H3/b23-13+,24-14-/t21-,25-,26?,27+,28+,29?/m1/s1. The second-order valence-electron chi connectivity index (χ2n) is 11.8. The molecule has 188 valence electrons. The third-order valence-corrected chi connectivity index (χ3v) is 9.86. The fraction of sp³-hybridized carbons (Fsp3) is 0.800. The number of allylic oxidation sites excluding steroid dienone is 3. The average Bonchev–Trinajstić information content (AvgIpc) is 3.15. The molecule has 0 aromatic rings. The molecule has 2 unspecified atom stereocenters. The van der Waals surface area contributed by atoms with E-state index in [-0.39, 0.29) is 0 Å². The molecule has 0 saturated heterocycles. The molecule has 0 heterocycles. The van der Waals surface area contributed by atoms with Gasteiger partial charge in [0, 0.05) is 6.42 Å². The molecule has 0 aromatic heterocycles. The molecule has 0 bridgehead atoms. The summed E-state index contributed by atoms with van der Waals surface area (Å²) < 4.78 is 0. The Balaban J connectivity index is 1.62. The first-order valence-corrected chi connectivity index (χ1v) is 13.8. The predicted octanol–water partition coefficient (Wildman–Crippen LogP) is 6.88. The zero-order valence-electron chi connectivity index (χ0n) is 21.8. The summed E-state index contributed by atoms with van der Waals surface area (Å²) in [7, 11) is 0. The maximum Gasteiger partial charge on any atom is 0.0811 e. The topological polar surface area (TPSA) is 60.7 Å². The van der Waals surface area contributed by atoms with E-state index in [1.165, 1.54) is 44.9 Å². The van der Waals surface area contributed by atoms with Crippen LogP contribution in [0.3, 0.4) is 0 Å². The average molecular weight is 459 g/mol. The Kier molecular flexibility index (Phi) is 9.08. The molecule has 3 aliphatic carbocycles. The van der Waals surface area contributed by atoms with Gasteiger partial charge in [-0.15, -0.1) is 0 Å². The van der Waals surface area contributed by atoms with Gasteiger partial charge in [-0.3, -0.25) is 0 Å². The Morgan fingerprint density at radius 2 is 1.88 bits per heavy atom. The third kappa shape index (κ3) is 6.03. The zero-order chi connectivity index (χ0) is 24.2. The highest BCUT2D eigenvalue weighted by Gasteiger charge is 2.50. The van der Waals surface area contributed by atoms with Gasteiger partial charge in [-0.25, -0.2) is 0 Å². The van der Waals surface area contributed by atoms with E-state index in [1.54, 1.807) is 5.57 Å². The molecule has 3 N–H and O–H groups in total. The largest absolute Gasteiger partial charge is 0.393 e. The lowest BCUT2D eigenvalue weighted by atomic mass is 9.60. The van der Waals surface area contributed by atoms with Crippen LogP contribution in [0.15, 0.2) is 35.5 Å². The zero-order valence-corrected chi connectivity index (χ0v) is 21.8. The highest BCUT2D eigenvalue weighted by atomic mass is 16.3. The van der Waals surface area contributed by atoms with Crippen molar-refractivity contribution in [3.05, 3.63) is 35.5 Å². The maximum atomic E-state index is 10.6. The highest BCUT2D eigenvalue weighted by molar-refractivity contribution is 5.38. The van der Waals surface area contributed by atoms with E-state index in [1.807, 2.05) is 0 Å². The third-order valence-electron chi connectivity index (χ3n) is 9.86. The predicted molar refractivity (Wildman–Crippen MR) is 138 cm³/mol. The van der Waals surface area contributed by atoms with Gasteiger partial charge >= 0.3 is 0 Å². The molecule has 0 aliphatic heterocycles. The fourth-order valence-electron chi connectivity index (χ4n) is 7.40. The van der Waals surface area contributed by atoms with Gasteiger partial charge in [0.1, 0.15) is 0 Å². The monoisotopic (exact) mass is 458 g/mol. The van der Waals surface area contributed by atoms with Crippen LogP contribution < -0.4 is 0 Å². The minimum Gasteiger partial charge on any atom is -0.393 e. The Morgan fingerprint density at radius 1 is 1.15 bits per heavy atom. The van der Waals surface area contributed by atoms with Crippen LogP contribution >= 0.6 is 0 Å². The Hall–Kier alpha value is -0.900. The van der Waals surface area contributed by atoms with Crippen molar-refractivity contribution in [3.8, 4) is 0 Å². The number of rotatable bonds is 9. The molecule has 0 amide bonds. The van der Waals surface area contributed by atoms with Crippen molar-refractivity contribution >= 4 is 0 Å². The molecule has 3 rings (SSSR count). The van der Waals surface area contributed by atoms with Crippen LogP contribution in [-0.2, 0) is 0 Å². The van der Waals surface area contributed by atoms with Gasteiger partial charge in [0.25, 0.3) is 0 Å². The van der Waals surface area contributed by atoms with Crippen molar-refractivity contribution in [1.82, 2.24) is 0 Å². The van der Waals surface area contributed by atoms with Gasteiger partial charge in [-0.1, -0.05) is 71.3 Å². The van der Waals surface area contributed by atoms with Crippen LogP contribution in [0.4, 0.5) is 0 Å². The quantitative estimate of drug-likeness (QED) is 0.330. The molecular weight excluding hydrogens is 408 g/mol. The Bertz CT molecular complexity index is 731. The lowest BCUT2D eigenvalue weighted by molar-refractivity contribution is 0.0202. The summed E-state index contributed by atoms with van der Waals surface area (Å²) in [4.78, 5) is 0. The van der Waals surface area contributed by atoms with Crippen LogP contribution in [0.25, 0.3) is 0 Å². The molecule has 33 heavy (non-hydrogen) atoms. The molecule has 0 radical (unpaired) electrons. The van der Waals surface area contributed by atoms with E-state index in [0.717, 1.165) is 48.7 Å². The summed E-state index contributed by atoms with van der Waals surface area (Å²) in [5, 5.41) is 30.8. The lowest BCUT2D eigenvalue weighted by Gasteiger charge is -2.44. The van der Waals surface area contributed by atoms with Gasteiger partial charge in [0.2, 0.25) is 0 Å². The molecule has 3 nitrogen and oxygen atoms in total. The molecule has 6 atom stereocenters. The van der Waals surface area contributed by atoms with Crippen molar-refractivity contribution in [3.63, 3.8) is 0 Å². The van der Waals surface area contributed by atoms with Crippen LogP contribution in [0.1, 0.15) is 111 Å². The summed E-state index contributed by atoms with van der Waals surface area (Å²) >= 11 is 0. The van der Waals surface area contributed by atoms with Crippen LogP contribution in [0.5, 0.6) is 0 Å². The van der Waals surface area contributed by atoms with Gasteiger partial charge < -0.3 is 15.3 Å². The molecule has 0 spiro atoms. The summed E-state index contributed by atoms with van der Waals surface area (Å²) in [6.45, 7) is 13.3. The van der Waals surface area contributed by atoms with Crippen molar-refractivity contribution in [1.29, 1.82) is 0 Å². The molecule has 3 saturated carbocycles. The van der Waals surface area contributed by atoms with Crippen LogP contribution in [0, 0.1) is 23.2 Å². The lowest BCUT2D eigenvalue weighted by Crippen LogP contribution is -2.36. The number of hydrogen-bond acceptors (Lipinski definition) is 3. The molecule has 3 heteroatoms. The van der Waals surface area contributed by atoms with E-state index < -0.39 is 17.8 Å². The summed E-state index contributed by atoms with van der Waals surface area (Å²) in [5.74, 6) is 2.17. The first kappa shape index (κ1) is 26.7. The normalized spacial score (nSPS) is 36.4. The van der Waals surface area contributed by atoms with E-state index in [9.17, 15) is 15.3 Å². The Morgan fingerprint density at radius 3 is 2.58 bits per heavy atom. The fourth-order valence-corrected chi connectivity index (χ4v) is 7.40. The Labute approximate surface area is 203 Å². The van der Waals surface area contributed by atoms with Crippen LogP contribution in [0.2, 0.25) is 0 Å². The second kappa shape index (κ2) is 11.2. The minimum absolute atomic E-state index is 0.387. The highest BCUT2D eigenvalue weighted by Crippen LogP contribution is 2.60. The second-order valence-corrected chi connectivity index (χ2v) is 11.8. The molecular formula is C30H50O3. The molecule has 0 aromatic carbocycles. The van der Waals surface area contributed by atoms with Gasteiger partial charge in [-0.2, -0.15) is 0 Å². The van der Waals surface area contributed by atoms with Crippen molar-refractivity contribution < 1.29 is 15.3 Å². The number of unbranched alkanes of at least 4 members (excludes halogenated alkanes) is 1. The van der Waals surface area contributed by atoms with Crippen molar-refractivity contribution in [2.75, 3.05) is 0 Å². The summed E-state index contributed by atoms with van der Waals surface area (Å²) in [6.07, 6.45) is 17.1. The van der Waals surface area contributed by atoms with E-state index in [2.05, 4.69) is 46.4 Å². The van der Waals surface area contributed by atoms with Gasteiger partial charge in [0.05, 0.1) is 17.8 Å². The van der Waals surface area contributed by atoms with Crippen molar-refractivity contribution in [2.45, 2.75) is 129 Å². The van der Waals surface area contributed by atoms with Gasteiger partial charge in [-0.05, 0) is 92.1 Å². The van der Waals surface area contributed by atoms with Crippen LogP contribution in [-0.4, -0.2) is 33.1 Å². The summed E-state index contributed by atoms with van der Waals surface area (Å²) in [6, 6.07) is 0. The number of aliphatic hydroxyl groups is 3. The number of fused-ring (bicyclic) bond motifs is 1. The molecule has 3 fully saturated rings. The first-order valence-electron chi connectivity index (χ1n) is 13.8. The van der Waals surface area contributed by atoms with Crippen molar-refractivity contribution in [2.24, 2.45) is 23.2 Å².